The van der Waals surface area contributed by atoms with Gasteiger partial charge in [-0.15, -0.1) is 0 Å². The molecule has 0 bridgehead atoms. The molecule has 0 atom stereocenters. The number of hydrogen-bond acceptors (Lipinski definition) is 5. The van der Waals surface area contributed by atoms with E-state index in [-0.39, 0.29) is 16.6 Å². The summed E-state index contributed by atoms with van der Waals surface area (Å²) in [5.74, 6) is 0.378. The molecule has 0 unspecified atom stereocenters. The third-order valence-electron chi connectivity index (χ3n) is 3.97. The second kappa shape index (κ2) is 6.21. The summed E-state index contributed by atoms with van der Waals surface area (Å²) in [7, 11) is 0. The molecule has 2 aromatic heterocycles. The van der Waals surface area contributed by atoms with Crippen LogP contribution in [-0.2, 0) is 0 Å². The molecule has 126 valence electrons. The van der Waals surface area contributed by atoms with Gasteiger partial charge in [0.05, 0.1) is 21.5 Å². The first-order chi connectivity index (χ1) is 12.6. The molecule has 0 fully saturated rings. The number of fused-ring (bicyclic) bond motifs is 1. The van der Waals surface area contributed by atoms with Crippen molar-refractivity contribution in [2.24, 2.45) is 0 Å². The molecule has 26 heavy (non-hydrogen) atoms. The highest BCUT2D eigenvalue weighted by Crippen LogP contribution is 2.22. The molecular weight excluding hydrogens is 332 g/mol. The SMILES string of the molecule is O=c1c2cc([N+](=O)[O-])ccc2nc(-c2ccccn2)n1-c1ccccc1. The predicted molar refractivity (Wildman–Crippen MR) is 97.2 cm³/mol. The molecule has 0 saturated heterocycles. The van der Waals surface area contributed by atoms with E-state index in [1.165, 1.54) is 22.8 Å². The van der Waals surface area contributed by atoms with E-state index in [9.17, 15) is 14.9 Å². The Labute approximate surface area is 147 Å². The molecule has 2 heterocycles. The van der Waals surface area contributed by atoms with E-state index in [0.717, 1.165) is 0 Å². The first kappa shape index (κ1) is 15.6. The number of nitrogens with zero attached hydrogens (tertiary/aromatic N) is 4. The molecule has 2 aromatic carbocycles. The van der Waals surface area contributed by atoms with Crippen molar-refractivity contribution in [3.8, 4) is 17.2 Å². The zero-order valence-corrected chi connectivity index (χ0v) is 13.4. The van der Waals surface area contributed by atoms with Crippen molar-refractivity contribution in [1.29, 1.82) is 0 Å². The van der Waals surface area contributed by atoms with Gasteiger partial charge in [0, 0.05) is 18.3 Å². The van der Waals surface area contributed by atoms with Crippen molar-refractivity contribution in [1.82, 2.24) is 14.5 Å². The molecule has 7 heteroatoms. The van der Waals surface area contributed by atoms with E-state index in [2.05, 4.69) is 9.97 Å². The third kappa shape index (κ3) is 2.61. The maximum atomic E-state index is 13.2. The lowest BCUT2D eigenvalue weighted by atomic mass is 10.2. The van der Waals surface area contributed by atoms with Crippen LogP contribution in [0.2, 0.25) is 0 Å². The summed E-state index contributed by atoms with van der Waals surface area (Å²) < 4.78 is 1.42. The van der Waals surface area contributed by atoms with Gasteiger partial charge in [-0.2, -0.15) is 0 Å². The molecule has 4 rings (SSSR count). The van der Waals surface area contributed by atoms with Crippen LogP contribution in [0.4, 0.5) is 5.69 Å². The Morgan fingerprint density at radius 1 is 0.962 bits per heavy atom. The first-order valence-electron chi connectivity index (χ1n) is 7.83. The van der Waals surface area contributed by atoms with Crippen molar-refractivity contribution < 1.29 is 4.92 Å². The quantitative estimate of drug-likeness (QED) is 0.420. The summed E-state index contributed by atoms with van der Waals surface area (Å²) in [4.78, 5) is 32.6. The minimum atomic E-state index is -0.529. The lowest BCUT2D eigenvalue weighted by molar-refractivity contribution is -0.384. The highest BCUT2D eigenvalue weighted by molar-refractivity contribution is 5.82. The van der Waals surface area contributed by atoms with Gasteiger partial charge in [0.15, 0.2) is 5.82 Å². The van der Waals surface area contributed by atoms with Crippen molar-refractivity contribution in [3.63, 3.8) is 0 Å². The van der Waals surface area contributed by atoms with Crippen LogP contribution >= 0.6 is 0 Å². The van der Waals surface area contributed by atoms with Crippen LogP contribution in [0.1, 0.15) is 0 Å². The first-order valence-corrected chi connectivity index (χ1v) is 7.83. The zero-order valence-electron chi connectivity index (χ0n) is 13.4. The largest absolute Gasteiger partial charge is 0.270 e. The van der Waals surface area contributed by atoms with E-state index in [1.54, 1.807) is 30.5 Å². The maximum Gasteiger partial charge on any atom is 0.270 e. The Morgan fingerprint density at radius 2 is 1.73 bits per heavy atom. The number of nitro benzene ring substituents is 1. The molecular formula is C19H12N4O3. The standard InChI is InChI=1S/C19H12N4O3/c24-19-15-12-14(23(25)26)9-10-16(15)21-18(17-8-4-5-11-20-17)22(19)13-6-2-1-3-7-13/h1-12H. The van der Waals surface area contributed by atoms with Crippen molar-refractivity contribution >= 4 is 16.6 Å². The summed E-state index contributed by atoms with van der Waals surface area (Å²) in [6, 6.07) is 18.4. The molecule has 0 amide bonds. The number of nitro groups is 1. The fourth-order valence-corrected chi connectivity index (χ4v) is 2.77. The van der Waals surface area contributed by atoms with E-state index >= 15 is 0 Å². The van der Waals surface area contributed by atoms with E-state index < -0.39 is 4.92 Å². The summed E-state index contributed by atoms with van der Waals surface area (Å²) in [6.45, 7) is 0. The Balaban J connectivity index is 2.11. The van der Waals surface area contributed by atoms with Crippen LogP contribution in [0.15, 0.2) is 77.7 Å². The van der Waals surface area contributed by atoms with Crippen LogP contribution in [-0.4, -0.2) is 19.5 Å². The normalized spacial score (nSPS) is 10.8. The summed E-state index contributed by atoms with van der Waals surface area (Å²) >= 11 is 0. The lowest BCUT2D eigenvalue weighted by Gasteiger charge is -2.13. The Morgan fingerprint density at radius 3 is 2.42 bits per heavy atom. The van der Waals surface area contributed by atoms with Gasteiger partial charge < -0.3 is 0 Å². The van der Waals surface area contributed by atoms with E-state index in [0.29, 0.717) is 22.7 Å². The number of hydrogen-bond donors (Lipinski definition) is 0. The third-order valence-corrected chi connectivity index (χ3v) is 3.97. The smallest absolute Gasteiger partial charge is 0.268 e. The topological polar surface area (TPSA) is 90.9 Å². The van der Waals surface area contributed by atoms with Crippen LogP contribution < -0.4 is 5.56 Å². The molecule has 0 aliphatic rings. The summed E-state index contributed by atoms with van der Waals surface area (Å²) in [6.07, 6.45) is 1.62. The summed E-state index contributed by atoms with van der Waals surface area (Å²) in [5.41, 5.74) is 0.994. The number of rotatable bonds is 3. The van der Waals surface area contributed by atoms with Gasteiger partial charge in [-0.3, -0.25) is 24.5 Å². The van der Waals surface area contributed by atoms with Crippen LogP contribution in [0, 0.1) is 10.1 Å². The lowest BCUT2D eigenvalue weighted by Crippen LogP contribution is -2.22. The van der Waals surface area contributed by atoms with Gasteiger partial charge in [-0.05, 0) is 30.3 Å². The predicted octanol–water partition coefficient (Wildman–Crippen LogP) is 3.36. The molecule has 0 spiro atoms. The fourth-order valence-electron chi connectivity index (χ4n) is 2.77. The molecule has 0 N–H and O–H groups in total. The second-order valence-electron chi connectivity index (χ2n) is 5.59. The summed E-state index contributed by atoms with van der Waals surface area (Å²) in [5, 5.41) is 11.2. The van der Waals surface area contributed by atoms with E-state index in [4.69, 9.17) is 0 Å². The highest BCUT2D eigenvalue weighted by atomic mass is 16.6. The molecule has 0 aliphatic carbocycles. The molecule has 0 aliphatic heterocycles. The average molecular weight is 344 g/mol. The minimum Gasteiger partial charge on any atom is -0.268 e. The van der Waals surface area contributed by atoms with Crippen molar-refractivity contribution in [3.05, 3.63) is 93.4 Å². The van der Waals surface area contributed by atoms with Gasteiger partial charge >= 0.3 is 0 Å². The zero-order chi connectivity index (χ0) is 18.1. The maximum absolute atomic E-state index is 13.2. The number of aromatic nitrogens is 3. The number of non-ortho nitro benzene ring substituents is 1. The Bertz CT molecular complexity index is 1170. The van der Waals surface area contributed by atoms with Gasteiger partial charge in [0.1, 0.15) is 5.69 Å². The fraction of sp³-hybridized carbons (Fsp3) is 0. The number of para-hydroxylation sites is 1. The van der Waals surface area contributed by atoms with Crippen molar-refractivity contribution in [2.45, 2.75) is 0 Å². The van der Waals surface area contributed by atoms with Crippen LogP contribution in [0.3, 0.4) is 0 Å². The second-order valence-corrected chi connectivity index (χ2v) is 5.59. The van der Waals surface area contributed by atoms with Crippen molar-refractivity contribution in [2.75, 3.05) is 0 Å². The molecule has 4 aromatic rings. The molecule has 0 radical (unpaired) electrons. The molecule has 0 saturated carbocycles. The van der Waals surface area contributed by atoms with Crippen LogP contribution in [0.25, 0.3) is 28.1 Å². The Hall–Kier alpha value is -3.87. The Kier molecular flexibility index (Phi) is 3.74. The monoisotopic (exact) mass is 344 g/mol. The number of pyridine rings is 1. The minimum absolute atomic E-state index is 0.151. The highest BCUT2D eigenvalue weighted by Gasteiger charge is 2.17. The van der Waals surface area contributed by atoms with E-state index in [1.807, 2.05) is 24.3 Å². The average Bonchev–Trinajstić information content (AvgIpc) is 2.69. The van der Waals surface area contributed by atoms with Gasteiger partial charge in [-0.1, -0.05) is 24.3 Å². The van der Waals surface area contributed by atoms with Gasteiger partial charge in [0.25, 0.3) is 11.2 Å². The van der Waals surface area contributed by atoms with Crippen LogP contribution in [0.5, 0.6) is 0 Å². The number of benzene rings is 2. The molecule has 7 nitrogen and oxygen atoms in total. The van der Waals surface area contributed by atoms with Gasteiger partial charge in [0.2, 0.25) is 0 Å². The van der Waals surface area contributed by atoms with Gasteiger partial charge in [-0.25, -0.2) is 4.98 Å².